The van der Waals surface area contributed by atoms with E-state index in [9.17, 15) is 9.59 Å². The fourth-order valence-electron chi connectivity index (χ4n) is 4.53. The molecule has 31 heavy (non-hydrogen) atoms. The van der Waals surface area contributed by atoms with Gasteiger partial charge < -0.3 is 16.4 Å². The number of nitrogens with one attached hydrogen (secondary N) is 2. The number of carbonyl (C=O) groups is 2. The van der Waals surface area contributed by atoms with E-state index >= 15 is 0 Å². The van der Waals surface area contributed by atoms with Crippen LogP contribution in [0.3, 0.4) is 0 Å². The summed E-state index contributed by atoms with van der Waals surface area (Å²) in [6.45, 7) is 0.602. The number of pyridine rings is 1. The summed E-state index contributed by atoms with van der Waals surface area (Å²) in [7, 11) is 0. The summed E-state index contributed by atoms with van der Waals surface area (Å²) in [5, 5.41) is 6.74. The fraction of sp³-hybridized carbons (Fsp3) is 0.458. The molecule has 0 saturated heterocycles. The van der Waals surface area contributed by atoms with Crippen LogP contribution in [0.4, 0.5) is 5.69 Å². The molecule has 164 valence electrons. The van der Waals surface area contributed by atoms with Crippen molar-refractivity contribution in [2.45, 2.75) is 50.0 Å². The van der Waals surface area contributed by atoms with E-state index in [1.807, 2.05) is 24.3 Å². The Morgan fingerprint density at radius 1 is 1.06 bits per heavy atom. The van der Waals surface area contributed by atoms with E-state index < -0.39 is 6.04 Å². The fourth-order valence-corrected chi connectivity index (χ4v) is 4.66. The van der Waals surface area contributed by atoms with Crippen molar-refractivity contribution in [2.75, 3.05) is 11.9 Å². The average molecular weight is 441 g/mol. The van der Waals surface area contributed by atoms with Crippen LogP contribution in [-0.4, -0.2) is 29.4 Å². The summed E-state index contributed by atoms with van der Waals surface area (Å²) < 4.78 is 0. The van der Waals surface area contributed by atoms with Crippen LogP contribution < -0.4 is 16.4 Å². The van der Waals surface area contributed by atoms with Gasteiger partial charge in [0.25, 0.3) is 0 Å². The Balaban J connectivity index is 1.24. The minimum Gasteiger partial charge on any atom is -0.354 e. The van der Waals surface area contributed by atoms with Crippen LogP contribution in [-0.2, 0) is 15.0 Å². The zero-order chi connectivity index (χ0) is 21.8. The molecule has 0 bridgehead atoms. The lowest BCUT2D eigenvalue weighted by Gasteiger charge is -2.31. The quantitative estimate of drug-likeness (QED) is 0.612. The maximum absolute atomic E-state index is 12.7. The number of rotatable bonds is 7. The molecule has 0 aliphatic heterocycles. The van der Waals surface area contributed by atoms with Gasteiger partial charge in [0.05, 0.1) is 6.04 Å². The maximum atomic E-state index is 12.7. The first kappa shape index (κ1) is 21.8. The zero-order valence-corrected chi connectivity index (χ0v) is 18.3. The first-order valence-corrected chi connectivity index (χ1v) is 11.3. The van der Waals surface area contributed by atoms with Gasteiger partial charge >= 0.3 is 0 Å². The van der Waals surface area contributed by atoms with Crippen molar-refractivity contribution in [1.29, 1.82) is 0 Å². The summed E-state index contributed by atoms with van der Waals surface area (Å²) in [4.78, 5) is 29.2. The topological polar surface area (TPSA) is 97.1 Å². The number of halogens is 1. The lowest BCUT2D eigenvalue weighted by atomic mass is 9.78. The van der Waals surface area contributed by atoms with Crippen molar-refractivity contribution < 1.29 is 9.59 Å². The monoisotopic (exact) mass is 440 g/mol. The number of hydrogen-bond donors (Lipinski definition) is 3. The van der Waals surface area contributed by atoms with Crippen molar-refractivity contribution >= 4 is 29.1 Å². The molecule has 4 N–H and O–H groups in total. The maximum Gasteiger partial charge on any atom is 0.237 e. The van der Waals surface area contributed by atoms with Crippen LogP contribution in [0.5, 0.6) is 0 Å². The van der Waals surface area contributed by atoms with E-state index in [2.05, 4.69) is 15.6 Å². The number of benzene rings is 1. The molecule has 0 spiro atoms. The van der Waals surface area contributed by atoms with Gasteiger partial charge in [0.15, 0.2) is 0 Å². The SMILES string of the molecule is NC(C(=O)NCC1(c2ccc(Cl)cc2)CC1)C1CCC(C(=O)Nc2ccncc2)CC1. The lowest BCUT2D eigenvalue weighted by molar-refractivity contribution is -0.124. The molecule has 2 aromatic rings. The van der Waals surface area contributed by atoms with Crippen molar-refractivity contribution in [3.63, 3.8) is 0 Å². The second-order valence-corrected chi connectivity index (χ2v) is 9.30. The highest BCUT2D eigenvalue weighted by molar-refractivity contribution is 6.30. The van der Waals surface area contributed by atoms with Crippen molar-refractivity contribution in [3.05, 3.63) is 59.4 Å². The lowest BCUT2D eigenvalue weighted by Crippen LogP contribution is -2.48. The molecule has 2 fully saturated rings. The number of nitrogens with two attached hydrogens (primary N) is 1. The molecule has 2 aliphatic rings. The molecule has 1 aromatic heterocycles. The number of carbonyl (C=O) groups excluding carboxylic acids is 2. The largest absolute Gasteiger partial charge is 0.354 e. The van der Waals surface area contributed by atoms with Crippen LogP contribution in [0.2, 0.25) is 5.02 Å². The Morgan fingerprint density at radius 3 is 2.32 bits per heavy atom. The van der Waals surface area contributed by atoms with E-state index in [0.717, 1.165) is 49.2 Å². The standard InChI is InChI=1S/C24H29ClN4O2/c25-19-7-5-18(6-8-19)24(11-12-24)15-28-23(31)21(26)16-1-3-17(4-2-16)22(30)29-20-9-13-27-14-10-20/h5-10,13-14,16-17,21H,1-4,11-12,15,26H2,(H,28,31)(H,27,29,30). The van der Waals surface area contributed by atoms with E-state index in [1.54, 1.807) is 24.5 Å². The van der Waals surface area contributed by atoms with Crippen molar-refractivity contribution in [2.24, 2.45) is 17.6 Å². The molecule has 0 radical (unpaired) electrons. The van der Waals surface area contributed by atoms with Gasteiger partial charge in [-0.05, 0) is 74.3 Å². The summed E-state index contributed by atoms with van der Waals surface area (Å²) >= 11 is 5.99. The van der Waals surface area contributed by atoms with Gasteiger partial charge in [-0.15, -0.1) is 0 Å². The molecule has 6 nitrogen and oxygen atoms in total. The first-order valence-electron chi connectivity index (χ1n) is 11.0. The van der Waals surface area contributed by atoms with Crippen molar-refractivity contribution in [3.8, 4) is 0 Å². The summed E-state index contributed by atoms with van der Waals surface area (Å²) in [5.41, 5.74) is 8.30. The van der Waals surface area contributed by atoms with Gasteiger partial charge in [-0.25, -0.2) is 0 Å². The Kier molecular flexibility index (Phi) is 6.58. The highest BCUT2D eigenvalue weighted by Crippen LogP contribution is 2.47. The molecule has 2 amide bonds. The van der Waals surface area contributed by atoms with E-state index in [1.165, 1.54) is 5.56 Å². The van der Waals surface area contributed by atoms with Gasteiger partial charge in [0.1, 0.15) is 0 Å². The van der Waals surface area contributed by atoms with Gasteiger partial charge in [0, 0.05) is 41.0 Å². The highest BCUT2D eigenvalue weighted by atomic mass is 35.5. The predicted octanol–water partition coefficient (Wildman–Crippen LogP) is 3.66. The van der Waals surface area contributed by atoms with Crippen LogP contribution in [0.1, 0.15) is 44.1 Å². The smallest absolute Gasteiger partial charge is 0.237 e. The molecule has 1 heterocycles. The predicted molar refractivity (Wildman–Crippen MR) is 122 cm³/mol. The second-order valence-electron chi connectivity index (χ2n) is 8.87. The molecule has 1 atom stereocenters. The average Bonchev–Trinajstić information content (AvgIpc) is 3.59. The zero-order valence-electron chi connectivity index (χ0n) is 17.5. The van der Waals surface area contributed by atoms with Crippen molar-refractivity contribution in [1.82, 2.24) is 10.3 Å². The Morgan fingerprint density at radius 2 is 1.71 bits per heavy atom. The van der Waals surface area contributed by atoms with Crippen LogP contribution in [0, 0.1) is 11.8 Å². The Hall–Kier alpha value is -2.44. The van der Waals surface area contributed by atoms with E-state index in [4.69, 9.17) is 17.3 Å². The molecule has 2 aliphatic carbocycles. The summed E-state index contributed by atoms with van der Waals surface area (Å²) in [6.07, 6.45) is 8.49. The number of nitrogens with zero attached hydrogens (tertiary/aromatic N) is 1. The minimum absolute atomic E-state index is 0.0165. The molecular weight excluding hydrogens is 412 g/mol. The molecule has 1 unspecified atom stereocenters. The first-order chi connectivity index (χ1) is 15.0. The van der Waals surface area contributed by atoms with Gasteiger partial charge in [-0.3, -0.25) is 14.6 Å². The number of hydrogen-bond acceptors (Lipinski definition) is 4. The minimum atomic E-state index is -0.537. The number of anilines is 1. The third-order valence-electron chi connectivity index (χ3n) is 6.81. The molecule has 1 aromatic carbocycles. The van der Waals surface area contributed by atoms with Gasteiger partial charge in [-0.1, -0.05) is 23.7 Å². The van der Waals surface area contributed by atoms with Crippen LogP contribution in [0.25, 0.3) is 0 Å². The normalized spacial score (nSPS) is 22.9. The van der Waals surface area contributed by atoms with Gasteiger partial charge in [0.2, 0.25) is 11.8 Å². The third kappa shape index (κ3) is 5.25. The number of amides is 2. The molecular formula is C24H29ClN4O2. The summed E-state index contributed by atoms with van der Waals surface area (Å²) in [6, 6.07) is 10.9. The summed E-state index contributed by atoms with van der Waals surface area (Å²) in [5.74, 6) is 0.00112. The molecule has 2 saturated carbocycles. The van der Waals surface area contributed by atoms with E-state index in [0.29, 0.717) is 6.54 Å². The number of aromatic nitrogens is 1. The second kappa shape index (κ2) is 9.37. The Bertz CT molecular complexity index is 907. The van der Waals surface area contributed by atoms with Crippen LogP contribution >= 0.6 is 11.6 Å². The van der Waals surface area contributed by atoms with Crippen LogP contribution in [0.15, 0.2) is 48.8 Å². The van der Waals surface area contributed by atoms with Gasteiger partial charge in [-0.2, -0.15) is 0 Å². The van der Waals surface area contributed by atoms with E-state index in [-0.39, 0.29) is 29.1 Å². The highest BCUT2D eigenvalue weighted by Gasteiger charge is 2.44. The molecule has 7 heteroatoms. The molecule has 4 rings (SSSR count). The third-order valence-corrected chi connectivity index (χ3v) is 7.06. The Labute approximate surface area is 188 Å².